The van der Waals surface area contributed by atoms with Gasteiger partial charge in [-0.2, -0.15) is 0 Å². The lowest BCUT2D eigenvalue weighted by Gasteiger charge is -2.15. The van der Waals surface area contributed by atoms with Crippen molar-refractivity contribution >= 4 is 23.3 Å². The number of hydrogen-bond acceptors (Lipinski definition) is 5. The second-order valence-corrected chi connectivity index (χ2v) is 3.45. The minimum absolute atomic E-state index is 0.103. The third-order valence-electron chi connectivity index (χ3n) is 1.72. The van der Waals surface area contributed by atoms with Crippen LogP contribution in [0.25, 0.3) is 0 Å². The summed E-state index contributed by atoms with van der Waals surface area (Å²) in [6.07, 6.45) is 1.80. The van der Waals surface area contributed by atoms with E-state index < -0.39 is 4.92 Å². The van der Waals surface area contributed by atoms with Crippen LogP contribution in [0.3, 0.4) is 0 Å². The molecular weight excluding hydrogens is 202 g/mol. The normalized spacial score (nSPS) is 14.1. The average Bonchev–Trinajstić information content (AvgIpc) is 2.71. The van der Waals surface area contributed by atoms with Crippen molar-refractivity contribution in [1.29, 1.82) is 0 Å². The Bertz CT molecular complexity index is 369. The van der Waals surface area contributed by atoms with Gasteiger partial charge in [0.1, 0.15) is 0 Å². The van der Waals surface area contributed by atoms with Gasteiger partial charge in [-0.25, -0.2) is 4.41 Å². The predicted octanol–water partition coefficient (Wildman–Crippen LogP) is 2.04. The molecule has 72 valence electrons. The van der Waals surface area contributed by atoms with Crippen LogP contribution in [0, 0.1) is 10.1 Å². The van der Waals surface area contributed by atoms with Crippen LogP contribution >= 0.6 is 11.9 Å². The summed E-state index contributed by atoms with van der Waals surface area (Å²) >= 11 is 1.48. The number of nitro groups is 1. The van der Waals surface area contributed by atoms with E-state index in [-0.39, 0.29) is 5.69 Å². The first kappa shape index (κ1) is 8.89. The van der Waals surface area contributed by atoms with Crippen LogP contribution in [-0.2, 0) is 0 Å². The van der Waals surface area contributed by atoms with Crippen LogP contribution < -0.4 is 9.84 Å². The minimum Gasteiger partial charge on any atom is -0.295 e. The molecule has 14 heavy (non-hydrogen) atoms. The Labute approximate surface area is 84.7 Å². The molecule has 0 radical (unpaired) electrons. The Morgan fingerprint density at radius 2 is 2.07 bits per heavy atom. The van der Waals surface area contributed by atoms with Crippen LogP contribution in [0.5, 0.6) is 0 Å². The largest absolute Gasteiger partial charge is 0.295 e. The molecule has 0 saturated heterocycles. The van der Waals surface area contributed by atoms with Crippen molar-refractivity contribution in [2.75, 3.05) is 4.41 Å². The monoisotopic (exact) mass is 209 g/mol. The highest BCUT2D eigenvalue weighted by atomic mass is 32.2. The molecule has 1 aliphatic heterocycles. The summed E-state index contributed by atoms with van der Waals surface area (Å²) in [5, 5.41) is 12.3. The number of anilines is 1. The molecule has 5 nitrogen and oxygen atoms in total. The van der Waals surface area contributed by atoms with E-state index in [2.05, 4.69) is 5.43 Å². The SMILES string of the molecule is O=[N+]([O-])c1ccc(N2NC=CS2)cc1. The predicted molar refractivity (Wildman–Crippen MR) is 55.4 cm³/mol. The lowest BCUT2D eigenvalue weighted by atomic mass is 10.3. The Morgan fingerprint density at radius 1 is 1.36 bits per heavy atom. The third-order valence-corrected chi connectivity index (χ3v) is 2.51. The molecule has 1 aliphatic rings. The molecule has 1 heterocycles. The van der Waals surface area contributed by atoms with Crippen LogP contribution in [0.2, 0.25) is 0 Å². The van der Waals surface area contributed by atoms with E-state index in [1.807, 2.05) is 9.82 Å². The lowest BCUT2D eigenvalue weighted by Crippen LogP contribution is -2.22. The number of benzene rings is 1. The van der Waals surface area contributed by atoms with E-state index in [4.69, 9.17) is 0 Å². The van der Waals surface area contributed by atoms with Gasteiger partial charge in [0.2, 0.25) is 0 Å². The minimum atomic E-state index is -0.410. The number of rotatable bonds is 2. The highest BCUT2D eigenvalue weighted by Gasteiger charge is 2.10. The van der Waals surface area contributed by atoms with Crippen LogP contribution in [0.15, 0.2) is 35.9 Å². The zero-order chi connectivity index (χ0) is 9.97. The summed E-state index contributed by atoms with van der Waals surface area (Å²) < 4.78 is 1.81. The summed E-state index contributed by atoms with van der Waals surface area (Å²) in [5.74, 6) is 0. The van der Waals surface area contributed by atoms with Crippen molar-refractivity contribution in [3.05, 3.63) is 46.0 Å². The second-order valence-electron chi connectivity index (χ2n) is 2.61. The molecule has 0 unspecified atom stereocenters. The van der Waals surface area contributed by atoms with Gasteiger partial charge in [0.25, 0.3) is 5.69 Å². The molecule has 6 heteroatoms. The van der Waals surface area contributed by atoms with Crippen molar-refractivity contribution in [1.82, 2.24) is 5.43 Å². The van der Waals surface area contributed by atoms with Crippen molar-refractivity contribution in [2.24, 2.45) is 0 Å². The molecule has 0 saturated carbocycles. The van der Waals surface area contributed by atoms with Gasteiger partial charge < -0.3 is 0 Å². The first-order valence-electron chi connectivity index (χ1n) is 3.90. The van der Waals surface area contributed by atoms with Crippen LogP contribution in [-0.4, -0.2) is 4.92 Å². The van der Waals surface area contributed by atoms with E-state index in [1.165, 1.54) is 24.1 Å². The standard InChI is InChI=1S/C8H7N3O2S/c12-11(13)8-3-1-7(2-4-8)10-9-5-6-14-10/h1-6,9H. The fourth-order valence-electron chi connectivity index (χ4n) is 1.06. The van der Waals surface area contributed by atoms with Crippen molar-refractivity contribution < 1.29 is 4.92 Å². The maximum Gasteiger partial charge on any atom is 0.269 e. The Hall–Kier alpha value is -1.69. The fourth-order valence-corrected chi connectivity index (χ4v) is 1.67. The molecule has 0 atom stereocenters. The van der Waals surface area contributed by atoms with E-state index >= 15 is 0 Å². The van der Waals surface area contributed by atoms with Crippen molar-refractivity contribution in [2.45, 2.75) is 0 Å². The fraction of sp³-hybridized carbons (Fsp3) is 0. The zero-order valence-corrected chi connectivity index (χ0v) is 7.90. The topological polar surface area (TPSA) is 58.4 Å². The number of non-ortho nitro benzene ring substituents is 1. The molecule has 0 aromatic heterocycles. The molecular formula is C8H7N3O2S. The number of hydrogen-bond donors (Lipinski definition) is 1. The first-order valence-corrected chi connectivity index (χ1v) is 4.73. The molecule has 1 aromatic carbocycles. The van der Waals surface area contributed by atoms with Gasteiger partial charge in [-0.15, -0.1) is 0 Å². The Balaban J connectivity index is 2.17. The summed E-state index contributed by atoms with van der Waals surface area (Å²) in [7, 11) is 0. The van der Waals surface area contributed by atoms with Crippen LogP contribution in [0.1, 0.15) is 0 Å². The highest BCUT2D eigenvalue weighted by Crippen LogP contribution is 2.25. The van der Waals surface area contributed by atoms with Crippen molar-refractivity contribution in [3.63, 3.8) is 0 Å². The average molecular weight is 209 g/mol. The molecule has 1 aromatic rings. The highest BCUT2D eigenvalue weighted by molar-refractivity contribution is 8.03. The van der Waals surface area contributed by atoms with E-state index in [0.29, 0.717) is 0 Å². The maximum absolute atomic E-state index is 10.4. The molecule has 0 amide bonds. The molecule has 0 bridgehead atoms. The van der Waals surface area contributed by atoms with Gasteiger partial charge in [-0.3, -0.25) is 15.5 Å². The number of nitro benzene ring substituents is 1. The molecule has 0 aliphatic carbocycles. The van der Waals surface area contributed by atoms with E-state index in [1.54, 1.807) is 18.3 Å². The third kappa shape index (κ3) is 1.64. The summed E-state index contributed by atoms with van der Waals surface area (Å²) in [6.45, 7) is 0. The van der Waals surface area contributed by atoms with Gasteiger partial charge in [0, 0.05) is 35.7 Å². The Kier molecular flexibility index (Phi) is 2.28. The summed E-state index contributed by atoms with van der Waals surface area (Å²) in [6, 6.07) is 6.36. The lowest BCUT2D eigenvalue weighted by molar-refractivity contribution is -0.384. The van der Waals surface area contributed by atoms with Crippen LogP contribution in [0.4, 0.5) is 11.4 Å². The summed E-state index contributed by atoms with van der Waals surface area (Å²) in [4.78, 5) is 9.98. The molecule has 2 rings (SSSR count). The Morgan fingerprint density at radius 3 is 2.57 bits per heavy atom. The van der Waals surface area contributed by atoms with Gasteiger partial charge in [0.05, 0.1) is 10.6 Å². The van der Waals surface area contributed by atoms with Gasteiger partial charge in [-0.1, -0.05) is 0 Å². The number of hydrazine groups is 1. The van der Waals surface area contributed by atoms with E-state index in [0.717, 1.165) is 5.69 Å². The number of nitrogens with zero attached hydrogens (tertiary/aromatic N) is 2. The van der Waals surface area contributed by atoms with Gasteiger partial charge >= 0.3 is 0 Å². The maximum atomic E-state index is 10.4. The first-order chi connectivity index (χ1) is 6.77. The number of nitrogens with one attached hydrogen (secondary N) is 1. The van der Waals surface area contributed by atoms with Crippen molar-refractivity contribution in [3.8, 4) is 0 Å². The molecule has 1 N–H and O–H groups in total. The quantitative estimate of drug-likeness (QED) is 0.459. The van der Waals surface area contributed by atoms with Gasteiger partial charge in [-0.05, 0) is 12.1 Å². The zero-order valence-electron chi connectivity index (χ0n) is 7.08. The van der Waals surface area contributed by atoms with Gasteiger partial charge in [0.15, 0.2) is 0 Å². The van der Waals surface area contributed by atoms with E-state index in [9.17, 15) is 10.1 Å². The molecule has 0 fully saturated rings. The second kappa shape index (κ2) is 3.59. The molecule has 0 spiro atoms. The smallest absolute Gasteiger partial charge is 0.269 e. The summed E-state index contributed by atoms with van der Waals surface area (Å²) in [5.41, 5.74) is 3.95.